The predicted molar refractivity (Wildman–Crippen MR) is 56.2 cm³/mol. The molecule has 0 saturated carbocycles. The summed E-state index contributed by atoms with van der Waals surface area (Å²) < 4.78 is 0. The van der Waals surface area contributed by atoms with Gasteiger partial charge >= 0.3 is 0 Å². The number of pyridine rings is 1. The molecule has 0 unspecified atom stereocenters. The molecule has 0 radical (unpaired) electrons. The van der Waals surface area contributed by atoms with Gasteiger partial charge in [-0.15, -0.1) is 0 Å². The Morgan fingerprint density at radius 2 is 2.07 bits per heavy atom. The van der Waals surface area contributed by atoms with E-state index in [4.69, 9.17) is 5.73 Å². The van der Waals surface area contributed by atoms with Crippen molar-refractivity contribution in [3.63, 3.8) is 0 Å². The van der Waals surface area contributed by atoms with Gasteiger partial charge in [0.2, 0.25) is 0 Å². The smallest absolute Gasteiger partial charge is 0.178 e. The Balaban J connectivity index is 2.76. The number of hydrogen-bond acceptors (Lipinski definition) is 3. The number of aromatic nitrogens is 1. The van der Waals surface area contributed by atoms with Crippen LogP contribution in [0.5, 0.6) is 0 Å². The summed E-state index contributed by atoms with van der Waals surface area (Å²) in [7, 11) is 0. The van der Waals surface area contributed by atoms with E-state index in [1.54, 1.807) is 12.1 Å². The van der Waals surface area contributed by atoms with Crippen LogP contribution in [0.1, 0.15) is 17.4 Å². The molecule has 1 aromatic heterocycles. The number of anilines is 1. The number of nitrogens with zero attached hydrogens (tertiary/aromatic N) is 1. The van der Waals surface area contributed by atoms with Crippen LogP contribution < -0.4 is 5.73 Å². The lowest BCUT2D eigenvalue weighted by molar-refractivity contribution is 0.101. The highest BCUT2D eigenvalue weighted by molar-refractivity contribution is 5.97. The molecule has 0 bridgehead atoms. The Morgan fingerprint density at radius 3 is 2.79 bits per heavy atom. The molecule has 2 aromatic rings. The third-order valence-corrected chi connectivity index (χ3v) is 2.11. The Bertz CT molecular complexity index is 506. The fourth-order valence-corrected chi connectivity index (χ4v) is 1.37. The van der Waals surface area contributed by atoms with Gasteiger partial charge in [0, 0.05) is 12.3 Å². The lowest BCUT2D eigenvalue weighted by Gasteiger charge is -2.01. The van der Waals surface area contributed by atoms with Gasteiger partial charge in [-0.1, -0.05) is 18.2 Å². The topological polar surface area (TPSA) is 56.0 Å². The van der Waals surface area contributed by atoms with Crippen molar-refractivity contribution in [2.45, 2.75) is 6.92 Å². The average Bonchev–Trinajstić information content (AvgIpc) is 2.18. The summed E-state index contributed by atoms with van der Waals surface area (Å²) in [6, 6.07) is 9.13. The van der Waals surface area contributed by atoms with Crippen LogP contribution in [0.3, 0.4) is 0 Å². The maximum atomic E-state index is 11.1. The van der Waals surface area contributed by atoms with E-state index in [1.807, 2.05) is 18.2 Å². The van der Waals surface area contributed by atoms with Crippen molar-refractivity contribution in [2.75, 3.05) is 5.73 Å². The third-order valence-electron chi connectivity index (χ3n) is 2.11. The molecule has 70 valence electrons. The molecule has 1 aromatic carbocycles. The maximum absolute atomic E-state index is 11.1. The molecule has 0 amide bonds. The summed E-state index contributed by atoms with van der Waals surface area (Å²) in [5.41, 5.74) is 7.50. The van der Waals surface area contributed by atoms with Crippen LogP contribution in [0.25, 0.3) is 10.9 Å². The normalized spacial score (nSPS) is 10.4. The lowest BCUT2D eigenvalue weighted by atomic mass is 10.1. The number of para-hydroxylation sites is 1. The summed E-state index contributed by atoms with van der Waals surface area (Å²) >= 11 is 0. The van der Waals surface area contributed by atoms with Crippen molar-refractivity contribution < 1.29 is 4.79 Å². The quantitative estimate of drug-likeness (QED) is 0.547. The molecule has 2 N–H and O–H groups in total. The van der Waals surface area contributed by atoms with Crippen molar-refractivity contribution in [1.82, 2.24) is 4.98 Å². The molecule has 0 atom stereocenters. The Hall–Kier alpha value is -1.90. The summed E-state index contributed by atoms with van der Waals surface area (Å²) in [6.45, 7) is 1.49. The van der Waals surface area contributed by atoms with Crippen molar-refractivity contribution >= 4 is 22.4 Å². The molecule has 3 nitrogen and oxygen atoms in total. The molecular formula is C11H10N2O. The molecule has 0 aliphatic rings. The number of carbonyl (C=O) groups is 1. The van der Waals surface area contributed by atoms with Crippen LogP contribution in [-0.4, -0.2) is 10.8 Å². The summed E-state index contributed by atoms with van der Waals surface area (Å²) in [6.07, 6.45) is 0. The Labute approximate surface area is 81.6 Å². The van der Waals surface area contributed by atoms with E-state index in [0.29, 0.717) is 16.9 Å². The monoisotopic (exact) mass is 186 g/mol. The number of nitrogen functional groups attached to an aromatic ring is 1. The highest BCUT2D eigenvalue weighted by Gasteiger charge is 2.03. The van der Waals surface area contributed by atoms with Crippen LogP contribution in [0.2, 0.25) is 0 Å². The third kappa shape index (κ3) is 1.33. The maximum Gasteiger partial charge on any atom is 0.178 e. The number of nitrogens with two attached hydrogens (primary N) is 1. The summed E-state index contributed by atoms with van der Waals surface area (Å²) in [5.74, 6) is -0.0462. The number of ketones is 1. The second kappa shape index (κ2) is 3.10. The molecule has 0 spiro atoms. The van der Waals surface area contributed by atoms with Gasteiger partial charge in [0.25, 0.3) is 0 Å². The largest absolute Gasteiger partial charge is 0.397 e. The van der Waals surface area contributed by atoms with E-state index >= 15 is 0 Å². The predicted octanol–water partition coefficient (Wildman–Crippen LogP) is 2.02. The van der Waals surface area contributed by atoms with E-state index in [9.17, 15) is 4.79 Å². The standard InChI is InChI=1S/C11H10N2O/c1-7(14)10-6-5-8-3-2-4-9(12)11(8)13-10/h2-6H,12H2,1H3. The zero-order valence-corrected chi connectivity index (χ0v) is 7.82. The molecule has 0 fully saturated rings. The van der Waals surface area contributed by atoms with Crippen LogP contribution >= 0.6 is 0 Å². The molecule has 14 heavy (non-hydrogen) atoms. The highest BCUT2D eigenvalue weighted by Crippen LogP contribution is 2.18. The van der Waals surface area contributed by atoms with Gasteiger partial charge in [-0.2, -0.15) is 0 Å². The van der Waals surface area contributed by atoms with Crippen molar-refractivity contribution in [3.05, 3.63) is 36.0 Å². The number of hydrogen-bond donors (Lipinski definition) is 1. The van der Waals surface area contributed by atoms with Gasteiger partial charge in [-0.3, -0.25) is 4.79 Å². The number of Topliss-reactive ketones (excluding diaryl/α,β-unsaturated/α-hetero) is 1. The van der Waals surface area contributed by atoms with Gasteiger partial charge in [0.1, 0.15) is 5.69 Å². The molecule has 0 saturated heterocycles. The molecular weight excluding hydrogens is 176 g/mol. The zero-order chi connectivity index (χ0) is 10.1. The van der Waals surface area contributed by atoms with Crippen LogP contribution in [0, 0.1) is 0 Å². The van der Waals surface area contributed by atoms with Gasteiger partial charge in [-0.05, 0) is 12.1 Å². The number of benzene rings is 1. The van der Waals surface area contributed by atoms with Gasteiger partial charge in [0.15, 0.2) is 5.78 Å². The van der Waals surface area contributed by atoms with E-state index in [-0.39, 0.29) is 5.78 Å². The summed E-state index contributed by atoms with van der Waals surface area (Å²) in [5, 5.41) is 0.954. The van der Waals surface area contributed by atoms with E-state index < -0.39 is 0 Å². The van der Waals surface area contributed by atoms with Crippen molar-refractivity contribution in [3.8, 4) is 0 Å². The average molecular weight is 186 g/mol. The van der Waals surface area contributed by atoms with Gasteiger partial charge in [-0.25, -0.2) is 4.98 Å². The van der Waals surface area contributed by atoms with Crippen LogP contribution in [-0.2, 0) is 0 Å². The second-order valence-corrected chi connectivity index (χ2v) is 3.17. The lowest BCUT2D eigenvalue weighted by Crippen LogP contribution is -1.98. The van der Waals surface area contributed by atoms with Crippen molar-refractivity contribution in [1.29, 1.82) is 0 Å². The fourth-order valence-electron chi connectivity index (χ4n) is 1.37. The minimum atomic E-state index is -0.0462. The SMILES string of the molecule is CC(=O)c1ccc2cccc(N)c2n1. The van der Waals surface area contributed by atoms with Gasteiger partial charge < -0.3 is 5.73 Å². The molecule has 0 aliphatic heterocycles. The molecule has 0 aliphatic carbocycles. The van der Waals surface area contributed by atoms with Crippen LogP contribution in [0.4, 0.5) is 5.69 Å². The summed E-state index contributed by atoms with van der Waals surface area (Å²) in [4.78, 5) is 15.3. The first-order chi connectivity index (χ1) is 6.68. The first-order valence-corrected chi connectivity index (χ1v) is 4.34. The first kappa shape index (κ1) is 8.69. The zero-order valence-electron chi connectivity index (χ0n) is 7.82. The van der Waals surface area contributed by atoms with Crippen molar-refractivity contribution in [2.24, 2.45) is 0 Å². The van der Waals surface area contributed by atoms with Crippen LogP contribution in [0.15, 0.2) is 30.3 Å². The van der Waals surface area contributed by atoms with E-state index in [2.05, 4.69) is 4.98 Å². The van der Waals surface area contributed by atoms with E-state index in [0.717, 1.165) is 5.39 Å². The minimum Gasteiger partial charge on any atom is -0.397 e. The number of rotatable bonds is 1. The van der Waals surface area contributed by atoms with E-state index in [1.165, 1.54) is 6.92 Å². The first-order valence-electron chi connectivity index (χ1n) is 4.34. The number of fused-ring (bicyclic) bond motifs is 1. The van der Waals surface area contributed by atoms with Gasteiger partial charge in [0.05, 0.1) is 11.2 Å². The molecule has 2 rings (SSSR count). The molecule has 1 heterocycles. The second-order valence-electron chi connectivity index (χ2n) is 3.17. The minimum absolute atomic E-state index is 0.0462. The number of carbonyl (C=O) groups excluding carboxylic acids is 1. The fraction of sp³-hybridized carbons (Fsp3) is 0.0909. The molecule has 3 heteroatoms. The Morgan fingerprint density at radius 1 is 1.29 bits per heavy atom. The highest BCUT2D eigenvalue weighted by atomic mass is 16.1. The Kier molecular flexibility index (Phi) is 1.93.